The van der Waals surface area contributed by atoms with Gasteiger partial charge in [0, 0.05) is 0 Å². The molecular weight excluding hydrogens is 200 g/mol. The summed E-state index contributed by atoms with van der Waals surface area (Å²) in [5.74, 6) is 0. The number of nitrogens with zero attached hydrogens (tertiary/aromatic N) is 2. The molecule has 0 bridgehead atoms. The van der Waals surface area contributed by atoms with E-state index in [1.54, 1.807) is 0 Å². The maximum atomic E-state index is 8.42. The molecule has 0 atom stereocenters. The van der Waals surface area contributed by atoms with E-state index in [4.69, 9.17) is 5.26 Å². The Hall–Kier alpha value is -0.400. The molecule has 0 aliphatic rings. The van der Waals surface area contributed by atoms with E-state index < -0.39 is 0 Å². The highest BCUT2D eigenvalue weighted by molar-refractivity contribution is 9.10. The second-order valence-electron chi connectivity index (χ2n) is 1.46. The van der Waals surface area contributed by atoms with Crippen molar-refractivity contribution in [3.8, 4) is 6.07 Å². The molecule has 0 fully saturated rings. The van der Waals surface area contributed by atoms with E-state index in [0.717, 1.165) is 5.01 Å². The Morgan fingerprint density at radius 1 is 1.78 bits per heavy atom. The van der Waals surface area contributed by atoms with Gasteiger partial charge in [-0.05, 0) is 22.9 Å². The minimum Gasteiger partial charge on any atom is -0.233 e. The van der Waals surface area contributed by atoms with Crippen LogP contribution in [-0.4, -0.2) is 4.98 Å². The summed E-state index contributed by atoms with van der Waals surface area (Å²) in [4.78, 5) is 4.64. The fourth-order valence-electron chi connectivity index (χ4n) is 0.471. The molecule has 0 aliphatic heterocycles. The summed E-state index contributed by atoms with van der Waals surface area (Å²) in [6, 6.07) is 2.03. The molecule has 4 heteroatoms. The van der Waals surface area contributed by atoms with E-state index in [9.17, 15) is 0 Å². The van der Waals surface area contributed by atoms with Gasteiger partial charge in [0.15, 0.2) is 0 Å². The van der Waals surface area contributed by atoms with Crippen LogP contribution in [0.2, 0.25) is 0 Å². The predicted octanol–water partition coefficient (Wildman–Crippen LogP) is 2.09. The standard InChI is InChI=1S/C5H3BrN2S/c1-3-8-5(6)4(2-7)9-3/h1H3. The van der Waals surface area contributed by atoms with Crippen LogP contribution >= 0.6 is 27.3 Å². The normalized spacial score (nSPS) is 9.00. The first kappa shape index (κ1) is 6.72. The third kappa shape index (κ3) is 1.29. The lowest BCUT2D eigenvalue weighted by molar-refractivity contribution is 1.25. The van der Waals surface area contributed by atoms with Crippen LogP contribution in [0.25, 0.3) is 0 Å². The first-order valence-corrected chi connectivity index (χ1v) is 3.88. The largest absolute Gasteiger partial charge is 0.233 e. The van der Waals surface area contributed by atoms with Gasteiger partial charge in [-0.25, -0.2) is 4.98 Å². The first-order valence-electron chi connectivity index (χ1n) is 2.27. The fourth-order valence-corrected chi connectivity index (χ4v) is 1.79. The van der Waals surface area contributed by atoms with E-state index in [1.165, 1.54) is 11.3 Å². The van der Waals surface area contributed by atoms with Gasteiger partial charge in [-0.2, -0.15) is 5.26 Å². The molecule has 2 nitrogen and oxygen atoms in total. The van der Waals surface area contributed by atoms with E-state index in [-0.39, 0.29) is 0 Å². The molecule has 0 saturated carbocycles. The first-order chi connectivity index (χ1) is 4.24. The molecule has 0 aliphatic carbocycles. The van der Waals surface area contributed by atoms with Crippen LogP contribution in [0, 0.1) is 18.3 Å². The zero-order chi connectivity index (χ0) is 6.85. The highest BCUT2D eigenvalue weighted by Crippen LogP contribution is 2.21. The Morgan fingerprint density at radius 3 is 2.67 bits per heavy atom. The Balaban J connectivity index is 3.20. The molecule has 1 rings (SSSR count). The number of hydrogen-bond donors (Lipinski definition) is 0. The van der Waals surface area contributed by atoms with Gasteiger partial charge in [-0.1, -0.05) is 0 Å². The quantitative estimate of drug-likeness (QED) is 0.647. The van der Waals surface area contributed by atoms with Crippen LogP contribution in [0.15, 0.2) is 4.60 Å². The Morgan fingerprint density at radius 2 is 2.44 bits per heavy atom. The third-order valence-corrected chi connectivity index (χ3v) is 2.51. The van der Waals surface area contributed by atoms with Crippen molar-refractivity contribution >= 4 is 27.3 Å². The fraction of sp³-hybridized carbons (Fsp3) is 0.200. The van der Waals surface area contributed by atoms with Gasteiger partial charge in [0.05, 0.1) is 5.01 Å². The Labute approximate surface area is 65.3 Å². The van der Waals surface area contributed by atoms with Crippen molar-refractivity contribution in [1.82, 2.24) is 4.98 Å². The molecule has 0 saturated heterocycles. The van der Waals surface area contributed by atoms with Crippen LogP contribution in [0.1, 0.15) is 9.88 Å². The van der Waals surface area contributed by atoms with Crippen molar-refractivity contribution < 1.29 is 0 Å². The zero-order valence-corrected chi connectivity index (χ0v) is 7.08. The molecule has 0 N–H and O–H groups in total. The summed E-state index contributed by atoms with van der Waals surface area (Å²) >= 11 is 4.55. The predicted molar refractivity (Wildman–Crippen MR) is 39.3 cm³/mol. The highest BCUT2D eigenvalue weighted by atomic mass is 79.9. The Kier molecular flexibility index (Phi) is 1.84. The second kappa shape index (κ2) is 2.46. The zero-order valence-electron chi connectivity index (χ0n) is 4.68. The average Bonchev–Trinajstić information content (AvgIpc) is 2.10. The summed E-state index contributed by atoms with van der Waals surface area (Å²) in [6.07, 6.45) is 0. The van der Waals surface area contributed by atoms with Gasteiger partial charge in [0.25, 0.3) is 0 Å². The van der Waals surface area contributed by atoms with Crippen LogP contribution in [0.3, 0.4) is 0 Å². The number of aryl methyl sites for hydroxylation is 1. The summed E-state index contributed by atoms with van der Waals surface area (Å²) < 4.78 is 0.660. The lowest BCUT2D eigenvalue weighted by Crippen LogP contribution is -1.65. The smallest absolute Gasteiger partial charge is 0.139 e. The number of aromatic nitrogens is 1. The molecule has 0 unspecified atom stereocenters. The number of rotatable bonds is 0. The number of hydrogen-bond acceptors (Lipinski definition) is 3. The lowest BCUT2D eigenvalue weighted by Gasteiger charge is -1.72. The van der Waals surface area contributed by atoms with E-state index in [1.807, 2.05) is 13.0 Å². The van der Waals surface area contributed by atoms with Gasteiger partial charge in [0.2, 0.25) is 0 Å². The van der Waals surface area contributed by atoms with Crippen LogP contribution < -0.4 is 0 Å². The van der Waals surface area contributed by atoms with Crippen molar-refractivity contribution in [3.63, 3.8) is 0 Å². The minimum atomic E-state index is 0.646. The van der Waals surface area contributed by atoms with Crippen molar-refractivity contribution in [2.45, 2.75) is 6.92 Å². The van der Waals surface area contributed by atoms with Crippen molar-refractivity contribution in [2.75, 3.05) is 0 Å². The summed E-state index contributed by atoms with van der Waals surface area (Å²) in [5, 5.41) is 9.34. The molecule has 1 aromatic heterocycles. The van der Waals surface area contributed by atoms with Crippen LogP contribution in [-0.2, 0) is 0 Å². The van der Waals surface area contributed by atoms with Crippen molar-refractivity contribution in [3.05, 3.63) is 14.5 Å². The number of halogens is 1. The SMILES string of the molecule is Cc1nc(Br)c(C#N)s1. The lowest BCUT2D eigenvalue weighted by atomic mass is 10.6. The van der Waals surface area contributed by atoms with Gasteiger partial charge in [-0.3, -0.25) is 0 Å². The van der Waals surface area contributed by atoms with E-state index >= 15 is 0 Å². The molecule has 0 aromatic carbocycles. The maximum Gasteiger partial charge on any atom is 0.139 e. The number of nitriles is 1. The summed E-state index contributed by atoms with van der Waals surface area (Å²) in [7, 11) is 0. The van der Waals surface area contributed by atoms with E-state index in [0.29, 0.717) is 9.48 Å². The van der Waals surface area contributed by atoms with Crippen LogP contribution in [0.4, 0.5) is 0 Å². The molecule has 1 heterocycles. The van der Waals surface area contributed by atoms with Crippen LogP contribution in [0.5, 0.6) is 0 Å². The molecule has 1 aromatic rings. The second-order valence-corrected chi connectivity index (χ2v) is 3.42. The van der Waals surface area contributed by atoms with Crippen molar-refractivity contribution in [1.29, 1.82) is 5.26 Å². The minimum absolute atomic E-state index is 0.646. The monoisotopic (exact) mass is 202 g/mol. The average molecular weight is 203 g/mol. The third-order valence-electron chi connectivity index (χ3n) is 0.794. The molecule has 0 amide bonds. The maximum absolute atomic E-state index is 8.42. The topological polar surface area (TPSA) is 36.7 Å². The summed E-state index contributed by atoms with van der Waals surface area (Å²) in [5.41, 5.74) is 0. The van der Waals surface area contributed by atoms with Gasteiger partial charge in [-0.15, -0.1) is 11.3 Å². The molecule has 0 radical (unpaired) electrons. The summed E-state index contributed by atoms with van der Waals surface area (Å²) in [6.45, 7) is 1.87. The molecule has 46 valence electrons. The molecular formula is C5H3BrN2S. The number of thiazole rings is 1. The molecule has 9 heavy (non-hydrogen) atoms. The van der Waals surface area contributed by atoms with E-state index in [2.05, 4.69) is 20.9 Å². The highest BCUT2D eigenvalue weighted by Gasteiger charge is 2.02. The molecule has 0 spiro atoms. The van der Waals surface area contributed by atoms with Gasteiger partial charge < -0.3 is 0 Å². The van der Waals surface area contributed by atoms with Crippen molar-refractivity contribution in [2.24, 2.45) is 0 Å². The van der Waals surface area contributed by atoms with Gasteiger partial charge >= 0.3 is 0 Å². The Bertz CT molecular complexity index is 260. The van der Waals surface area contributed by atoms with Gasteiger partial charge in [0.1, 0.15) is 15.5 Å².